The van der Waals surface area contributed by atoms with E-state index in [4.69, 9.17) is 0 Å². The van der Waals surface area contributed by atoms with Gasteiger partial charge in [0.05, 0.1) is 0 Å². The molecule has 3 nitrogen and oxygen atoms in total. The van der Waals surface area contributed by atoms with E-state index in [1.807, 2.05) is 14.1 Å². The molecule has 1 rings (SSSR count). The Morgan fingerprint density at radius 1 is 1.29 bits per heavy atom. The Kier molecular flexibility index (Phi) is 6.56. The maximum Gasteiger partial charge on any atom is 0.223 e. The fraction of sp³-hybridized carbons (Fsp3) is 0.929. The first-order valence-corrected chi connectivity index (χ1v) is 7.00. The summed E-state index contributed by atoms with van der Waals surface area (Å²) in [5, 5.41) is 3.39. The second-order valence-electron chi connectivity index (χ2n) is 5.71. The smallest absolute Gasteiger partial charge is 0.223 e. The molecule has 2 atom stereocenters. The molecule has 1 fully saturated rings. The third-order valence-corrected chi connectivity index (χ3v) is 3.79. The molecule has 2 unspecified atom stereocenters. The Hall–Kier alpha value is -0.570. The van der Waals surface area contributed by atoms with Gasteiger partial charge >= 0.3 is 0 Å². The highest BCUT2D eigenvalue weighted by molar-refractivity contribution is 5.75. The molecular formula is C14H28N2O. The van der Waals surface area contributed by atoms with Crippen LogP contribution in [0.25, 0.3) is 0 Å². The van der Waals surface area contributed by atoms with Gasteiger partial charge in [-0.1, -0.05) is 26.2 Å². The molecule has 0 bridgehead atoms. The molecule has 0 heterocycles. The van der Waals surface area contributed by atoms with Crippen molar-refractivity contribution in [3.05, 3.63) is 0 Å². The van der Waals surface area contributed by atoms with Crippen LogP contribution in [-0.4, -0.2) is 38.0 Å². The quantitative estimate of drug-likeness (QED) is 0.722. The number of rotatable bonds is 6. The number of nitrogens with one attached hydrogen (secondary N) is 1. The first-order valence-electron chi connectivity index (χ1n) is 7.00. The van der Waals surface area contributed by atoms with Gasteiger partial charge in [0.15, 0.2) is 0 Å². The second kappa shape index (κ2) is 7.70. The zero-order valence-corrected chi connectivity index (χ0v) is 11.7. The summed E-state index contributed by atoms with van der Waals surface area (Å²) in [7, 11) is 3.62. The summed E-state index contributed by atoms with van der Waals surface area (Å²) in [6.07, 6.45) is 7.53. The maximum absolute atomic E-state index is 11.3. The number of nitrogens with zero attached hydrogens (tertiary/aromatic N) is 1. The van der Waals surface area contributed by atoms with Crippen molar-refractivity contribution in [3.8, 4) is 0 Å². The molecule has 0 aromatic heterocycles. The highest BCUT2D eigenvalue weighted by Gasteiger charge is 2.18. The van der Waals surface area contributed by atoms with Gasteiger partial charge in [0.25, 0.3) is 0 Å². The third kappa shape index (κ3) is 6.06. The monoisotopic (exact) mass is 240 g/mol. The molecule has 1 aliphatic rings. The van der Waals surface area contributed by atoms with Crippen LogP contribution in [0.4, 0.5) is 0 Å². The van der Waals surface area contributed by atoms with Crippen LogP contribution in [0.15, 0.2) is 0 Å². The minimum Gasteiger partial charge on any atom is -0.349 e. The Bertz CT molecular complexity index is 228. The zero-order chi connectivity index (χ0) is 12.7. The number of hydrogen-bond acceptors (Lipinski definition) is 2. The highest BCUT2D eigenvalue weighted by Crippen LogP contribution is 2.30. The van der Waals surface area contributed by atoms with Gasteiger partial charge in [-0.15, -0.1) is 0 Å². The van der Waals surface area contributed by atoms with E-state index in [2.05, 4.69) is 12.2 Å². The fourth-order valence-electron chi connectivity index (χ4n) is 2.67. The van der Waals surface area contributed by atoms with Crippen molar-refractivity contribution in [2.75, 3.05) is 27.2 Å². The summed E-state index contributed by atoms with van der Waals surface area (Å²) in [5.74, 6) is 2.05. The Balaban J connectivity index is 1.98. The van der Waals surface area contributed by atoms with Crippen LogP contribution < -0.4 is 5.32 Å². The standard InChI is InChI=1S/C14H28N2O/c1-12-5-4-6-13(11-12)7-9-15-10-8-14(17)16(2)3/h12-13,15H,4-11H2,1-3H3. The molecule has 0 aliphatic heterocycles. The Labute approximate surface area is 106 Å². The van der Waals surface area contributed by atoms with Crippen molar-refractivity contribution in [2.24, 2.45) is 11.8 Å². The van der Waals surface area contributed by atoms with E-state index in [0.29, 0.717) is 6.42 Å². The molecule has 1 aliphatic carbocycles. The van der Waals surface area contributed by atoms with Crippen molar-refractivity contribution in [2.45, 2.75) is 45.4 Å². The van der Waals surface area contributed by atoms with E-state index in [1.54, 1.807) is 4.90 Å². The molecule has 0 aromatic rings. The zero-order valence-electron chi connectivity index (χ0n) is 11.7. The number of carbonyl (C=O) groups excluding carboxylic acids is 1. The first-order chi connectivity index (χ1) is 8.09. The van der Waals surface area contributed by atoms with Gasteiger partial charge in [-0.05, 0) is 31.2 Å². The van der Waals surface area contributed by atoms with E-state index < -0.39 is 0 Å². The highest BCUT2D eigenvalue weighted by atomic mass is 16.2. The number of amides is 1. The summed E-state index contributed by atoms with van der Waals surface area (Å²) in [6, 6.07) is 0. The molecule has 1 saturated carbocycles. The molecule has 17 heavy (non-hydrogen) atoms. The Morgan fingerprint density at radius 3 is 2.71 bits per heavy atom. The van der Waals surface area contributed by atoms with Crippen molar-refractivity contribution >= 4 is 5.91 Å². The lowest BCUT2D eigenvalue weighted by Gasteiger charge is -2.26. The molecule has 0 radical (unpaired) electrons. The summed E-state index contributed by atoms with van der Waals surface area (Å²) >= 11 is 0. The fourth-order valence-corrected chi connectivity index (χ4v) is 2.67. The van der Waals surface area contributed by atoms with Crippen LogP contribution in [-0.2, 0) is 4.79 Å². The molecule has 3 heteroatoms. The van der Waals surface area contributed by atoms with Gasteiger partial charge in [-0.2, -0.15) is 0 Å². The Morgan fingerprint density at radius 2 is 2.06 bits per heavy atom. The molecule has 0 saturated heterocycles. The van der Waals surface area contributed by atoms with Gasteiger partial charge in [0, 0.05) is 27.1 Å². The first kappa shape index (κ1) is 14.5. The maximum atomic E-state index is 11.3. The number of carbonyl (C=O) groups is 1. The summed E-state index contributed by atoms with van der Waals surface area (Å²) in [5.41, 5.74) is 0. The molecule has 1 amide bonds. The van der Waals surface area contributed by atoms with E-state index in [-0.39, 0.29) is 5.91 Å². The molecule has 100 valence electrons. The van der Waals surface area contributed by atoms with Crippen LogP contribution in [0, 0.1) is 11.8 Å². The van der Waals surface area contributed by atoms with Crippen LogP contribution >= 0.6 is 0 Å². The van der Waals surface area contributed by atoms with Crippen molar-refractivity contribution in [3.63, 3.8) is 0 Å². The van der Waals surface area contributed by atoms with Gasteiger partial charge < -0.3 is 10.2 Å². The average molecular weight is 240 g/mol. The van der Waals surface area contributed by atoms with Crippen LogP contribution in [0.3, 0.4) is 0 Å². The van der Waals surface area contributed by atoms with Crippen molar-refractivity contribution in [1.82, 2.24) is 10.2 Å². The number of hydrogen-bond donors (Lipinski definition) is 1. The van der Waals surface area contributed by atoms with Crippen LogP contribution in [0.2, 0.25) is 0 Å². The minimum atomic E-state index is 0.212. The van der Waals surface area contributed by atoms with Crippen LogP contribution in [0.1, 0.15) is 45.4 Å². The lowest BCUT2D eigenvalue weighted by Crippen LogP contribution is -2.28. The lowest BCUT2D eigenvalue weighted by atomic mass is 9.81. The summed E-state index contributed by atoms with van der Waals surface area (Å²) in [6.45, 7) is 4.26. The van der Waals surface area contributed by atoms with Crippen LogP contribution in [0.5, 0.6) is 0 Å². The predicted octanol–water partition coefficient (Wildman–Crippen LogP) is 2.27. The molecule has 0 spiro atoms. The SMILES string of the molecule is CC1CCCC(CCNCCC(=O)N(C)C)C1. The van der Waals surface area contributed by atoms with E-state index >= 15 is 0 Å². The predicted molar refractivity (Wildman–Crippen MR) is 71.9 cm³/mol. The van der Waals surface area contributed by atoms with Gasteiger partial charge in [-0.25, -0.2) is 0 Å². The second-order valence-corrected chi connectivity index (χ2v) is 5.71. The lowest BCUT2D eigenvalue weighted by molar-refractivity contribution is -0.128. The van der Waals surface area contributed by atoms with E-state index in [1.165, 1.54) is 32.1 Å². The van der Waals surface area contributed by atoms with Gasteiger partial charge in [0.1, 0.15) is 0 Å². The van der Waals surface area contributed by atoms with E-state index in [9.17, 15) is 4.79 Å². The largest absolute Gasteiger partial charge is 0.349 e. The normalized spacial score (nSPS) is 24.6. The molecule has 0 aromatic carbocycles. The summed E-state index contributed by atoms with van der Waals surface area (Å²) < 4.78 is 0. The molecular weight excluding hydrogens is 212 g/mol. The summed E-state index contributed by atoms with van der Waals surface area (Å²) in [4.78, 5) is 13.0. The van der Waals surface area contributed by atoms with Gasteiger partial charge in [0.2, 0.25) is 5.91 Å². The van der Waals surface area contributed by atoms with Crippen molar-refractivity contribution < 1.29 is 4.79 Å². The van der Waals surface area contributed by atoms with E-state index in [0.717, 1.165) is 24.9 Å². The van der Waals surface area contributed by atoms with Crippen molar-refractivity contribution in [1.29, 1.82) is 0 Å². The topological polar surface area (TPSA) is 32.3 Å². The van der Waals surface area contributed by atoms with Gasteiger partial charge in [-0.3, -0.25) is 4.79 Å². The minimum absolute atomic E-state index is 0.212. The third-order valence-electron chi connectivity index (χ3n) is 3.79. The molecule has 1 N–H and O–H groups in total. The average Bonchev–Trinajstić information content (AvgIpc) is 2.28.